The molecule has 8 nitrogen and oxygen atoms in total. The molecule has 1 aromatic carbocycles. The first-order chi connectivity index (χ1) is 9.79. The summed E-state index contributed by atoms with van der Waals surface area (Å²) in [6, 6.07) is 3.65. The monoisotopic (exact) mass is 310 g/mol. The molecule has 0 unspecified atom stereocenters. The highest BCUT2D eigenvalue weighted by Crippen LogP contribution is 2.20. The summed E-state index contributed by atoms with van der Waals surface area (Å²) >= 11 is 0. The van der Waals surface area contributed by atoms with E-state index in [0.717, 1.165) is 6.07 Å². The molecule has 9 heteroatoms. The first-order valence-corrected chi connectivity index (χ1v) is 7.44. The number of carboxylic acid groups (broad SMARTS) is 1. The number of nitrogens with two attached hydrogens (primary N) is 1. The van der Waals surface area contributed by atoms with E-state index in [4.69, 9.17) is 5.14 Å². The lowest BCUT2D eigenvalue weighted by Crippen LogP contribution is -2.15. The minimum absolute atomic E-state index is 0.171. The van der Waals surface area contributed by atoms with Crippen molar-refractivity contribution in [1.29, 1.82) is 0 Å². The van der Waals surface area contributed by atoms with Gasteiger partial charge < -0.3 is 15.0 Å². The van der Waals surface area contributed by atoms with Crippen LogP contribution in [0.1, 0.15) is 16.2 Å². The number of sulfonamides is 1. The van der Waals surface area contributed by atoms with Gasteiger partial charge in [-0.1, -0.05) is 0 Å². The maximum absolute atomic E-state index is 11.3. The van der Waals surface area contributed by atoms with Gasteiger partial charge in [-0.25, -0.2) is 23.3 Å². The Morgan fingerprint density at radius 1 is 1.48 bits per heavy atom. The van der Waals surface area contributed by atoms with Gasteiger partial charge in [0.25, 0.3) is 0 Å². The zero-order chi connectivity index (χ0) is 15.6. The van der Waals surface area contributed by atoms with Crippen LogP contribution >= 0.6 is 0 Å². The number of nitrogens with one attached hydrogen (secondary N) is 1. The summed E-state index contributed by atoms with van der Waals surface area (Å²) < 4.78 is 24.3. The molecule has 0 saturated carbocycles. The van der Waals surface area contributed by atoms with E-state index in [-0.39, 0.29) is 16.1 Å². The molecule has 0 aliphatic heterocycles. The summed E-state index contributed by atoms with van der Waals surface area (Å²) in [5, 5.41) is 17.1. The minimum Gasteiger partial charge on any atom is -0.478 e. The molecular weight excluding hydrogens is 296 g/mol. The maximum Gasteiger partial charge on any atom is 0.337 e. The van der Waals surface area contributed by atoms with Gasteiger partial charge in [0.2, 0.25) is 10.0 Å². The Hall–Kier alpha value is -2.39. The lowest BCUT2D eigenvalue weighted by atomic mass is 10.2. The van der Waals surface area contributed by atoms with Crippen molar-refractivity contribution >= 4 is 21.7 Å². The molecule has 0 amide bonds. The fourth-order valence-corrected chi connectivity index (χ4v) is 2.31. The van der Waals surface area contributed by atoms with Crippen LogP contribution in [0.4, 0.5) is 5.69 Å². The predicted octanol–water partition coefficient (Wildman–Crippen LogP) is 0.378. The van der Waals surface area contributed by atoms with Crippen LogP contribution in [0.5, 0.6) is 0 Å². The quantitative estimate of drug-likeness (QED) is 0.732. The topological polar surface area (TPSA) is 127 Å². The number of rotatable bonds is 5. The van der Waals surface area contributed by atoms with E-state index in [2.05, 4.69) is 10.3 Å². The average Bonchev–Trinajstić information content (AvgIpc) is 2.80. The van der Waals surface area contributed by atoms with Crippen molar-refractivity contribution in [2.45, 2.75) is 11.4 Å². The second kappa shape index (κ2) is 5.54. The summed E-state index contributed by atoms with van der Waals surface area (Å²) in [6.07, 6.45) is 3.39. The highest BCUT2D eigenvalue weighted by molar-refractivity contribution is 7.89. The van der Waals surface area contributed by atoms with Gasteiger partial charge in [0, 0.05) is 25.1 Å². The number of aromatic nitrogens is 2. The van der Waals surface area contributed by atoms with E-state index >= 15 is 0 Å². The Balaban J connectivity index is 2.31. The van der Waals surface area contributed by atoms with Gasteiger partial charge >= 0.3 is 5.97 Å². The standard InChI is InChI=1S/C12H14N4O4S/c1-16-5-4-14-11(16)7-15-10-3-2-8(21(13,19)20)6-9(10)12(17)18/h2-6,15H,7H2,1H3,(H,17,18)(H2,13,19,20). The molecule has 4 N–H and O–H groups in total. The summed E-state index contributed by atoms with van der Waals surface area (Å²) in [6.45, 7) is 0.304. The normalized spacial score (nSPS) is 11.3. The number of nitrogens with zero attached hydrogens (tertiary/aromatic N) is 2. The zero-order valence-electron chi connectivity index (χ0n) is 11.1. The summed E-state index contributed by atoms with van der Waals surface area (Å²) in [5.74, 6) is -0.537. The van der Waals surface area contributed by atoms with Gasteiger partial charge in [0.1, 0.15) is 5.82 Å². The number of carbonyl (C=O) groups is 1. The number of aromatic carboxylic acids is 1. The lowest BCUT2D eigenvalue weighted by Gasteiger charge is -2.10. The van der Waals surface area contributed by atoms with Gasteiger partial charge in [-0.3, -0.25) is 0 Å². The van der Waals surface area contributed by atoms with E-state index in [1.165, 1.54) is 12.1 Å². The van der Waals surface area contributed by atoms with E-state index in [1.54, 1.807) is 17.0 Å². The molecule has 0 aliphatic carbocycles. The molecule has 0 saturated heterocycles. The van der Waals surface area contributed by atoms with Crippen LogP contribution in [0.25, 0.3) is 0 Å². The first-order valence-electron chi connectivity index (χ1n) is 5.89. The van der Waals surface area contributed by atoms with Crippen molar-refractivity contribution < 1.29 is 18.3 Å². The molecule has 0 spiro atoms. The van der Waals surface area contributed by atoms with Crippen molar-refractivity contribution in [2.75, 3.05) is 5.32 Å². The van der Waals surface area contributed by atoms with Gasteiger partial charge in [-0.05, 0) is 18.2 Å². The first kappa shape index (κ1) is 15.0. The summed E-state index contributed by atoms with van der Waals surface area (Å²) in [4.78, 5) is 15.1. The van der Waals surface area contributed by atoms with Crippen molar-refractivity contribution in [3.63, 3.8) is 0 Å². The van der Waals surface area contributed by atoms with E-state index in [0.29, 0.717) is 12.4 Å². The number of primary sulfonamides is 1. The van der Waals surface area contributed by atoms with Crippen molar-refractivity contribution in [1.82, 2.24) is 9.55 Å². The summed E-state index contributed by atoms with van der Waals surface area (Å²) in [7, 11) is -2.14. The smallest absolute Gasteiger partial charge is 0.337 e. The number of imidazole rings is 1. The molecule has 2 rings (SSSR count). The Morgan fingerprint density at radius 2 is 2.19 bits per heavy atom. The molecule has 0 atom stereocenters. The van der Waals surface area contributed by atoms with Crippen LogP contribution in [-0.4, -0.2) is 29.0 Å². The third-order valence-corrected chi connectivity index (χ3v) is 3.82. The van der Waals surface area contributed by atoms with Gasteiger partial charge in [0.05, 0.1) is 17.0 Å². The lowest BCUT2D eigenvalue weighted by molar-refractivity contribution is 0.0697. The highest BCUT2D eigenvalue weighted by Gasteiger charge is 2.16. The fraction of sp³-hybridized carbons (Fsp3) is 0.167. The number of anilines is 1. The molecular formula is C12H14N4O4S. The van der Waals surface area contributed by atoms with Crippen LogP contribution in [0.3, 0.4) is 0 Å². The van der Waals surface area contributed by atoms with E-state index in [1.807, 2.05) is 7.05 Å². The molecule has 2 aromatic rings. The summed E-state index contributed by atoms with van der Waals surface area (Å²) in [5.41, 5.74) is 0.119. The second-order valence-electron chi connectivity index (χ2n) is 4.37. The third kappa shape index (κ3) is 3.38. The largest absolute Gasteiger partial charge is 0.478 e. The number of aryl methyl sites for hydroxylation is 1. The molecule has 21 heavy (non-hydrogen) atoms. The Labute approximate surface area is 121 Å². The van der Waals surface area contributed by atoms with Crippen LogP contribution in [-0.2, 0) is 23.6 Å². The van der Waals surface area contributed by atoms with Crippen LogP contribution < -0.4 is 10.5 Å². The van der Waals surface area contributed by atoms with Crippen molar-refractivity contribution in [2.24, 2.45) is 12.2 Å². The van der Waals surface area contributed by atoms with Crippen molar-refractivity contribution in [3.05, 3.63) is 42.0 Å². The molecule has 1 heterocycles. The van der Waals surface area contributed by atoms with Crippen LogP contribution in [0, 0.1) is 0 Å². The van der Waals surface area contributed by atoms with Crippen LogP contribution in [0.2, 0.25) is 0 Å². The van der Waals surface area contributed by atoms with E-state index < -0.39 is 16.0 Å². The van der Waals surface area contributed by atoms with Gasteiger partial charge in [-0.2, -0.15) is 0 Å². The minimum atomic E-state index is -3.95. The molecule has 0 fully saturated rings. The van der Waals surface area contributed by atoms with Crippen molar-refractivity contribution in [3.8, 4) is 0 Å². The molecule has 0 bridgehead atoms. The highest BCUT2D eigenvalue weighted by atomic mass is 32.2. The Morgan fingerprint density at radius 3 is 2.71 bits per heavy atom. The van der Waals surface area contributed by atoms with Gasteiger partial charge in [-0.15, -0.1) is 0 Å². The third-order valence-electron chi connectivity index (χ3n) is 2.91. The van der Waals surface area contributed by atoms with Gasteiger partial charge in [0.15, 0.2) is 0 Å². The SMILES string of the molecule is Cn1ccnc1CNc1ccc(S(N)(=O)=O)cc1C(=O)O. The zero-order valence-corrected chi connectivity index (χ0v) is 12.0. The molecule has 112 valence electrons. The predicted molar refractivity (Wildman–Crippen MR) is 75.3 cm³/mol. The Kier molecular flexibility index (Phi) is 3.96. The second-order valence-corrected chi connectivity index (χ2v) is 5.93. The Bertz CT molecular complexity index is 782. The molecule has 1 aromatic heterocycles. The fourth-order valence-electron chi connectivity index (χ4n) is 1.77. The molecule has 0 radical (unpaired) electrons. The number of carboxylic acids is 1. The number of hydrogen-bond donors (Lipinski definition) is 3. The number of benzene rings is 1. The molecule has 0 aliphatic rings. The number of hydrogen-bond acceptors (Lipinski definition) is 5. The maximum atomic E-state index is 11.3. The van der Waals surface area contributed by atoms with Crippen LogP contribution in [0.15, 0.2) is 35.5 Å². The average molecular weight is 310 g/mol. The van der Waals surface area contributed by atoms with E-state index in [9.17, 15) is 18.3 Å².